The lowest BCUT2D eigenvalue weighted by atomic mass is 10.2. The summed E-state index contributed by atoms with van der Waals surface area (Å²) in [7, 11) is 0. The van der Waals surface area contributed by atoms with E-state index in [1.807, 2.05) is 12.5 Å². The van der Waals surface area contributed by atoms with Crippen molar-refractivity contribution in [2.45, 2.75) is 32.2 Å². The number of nitrogens with one attached hydrogen (secondary N) is 1. The van der Waals surface area contributed by atoms with E-state index in [1.165, 1.54) is 4.88 Å². The topological polar surface area (TPSA) is 68.0 Å². The second-order valence-corrected chi connectivity index (χ2v) is 6.19. The Labute approximate surface area is 117 Å². The molecule has 1 atom stereocenters. The number of aryl methyl sites for hydroxylation is 1. The average molecular weight is 287 g/mol. The standard InChI is InChI=1S/C12H21N3OS2/c1-3-9-8-15-11(18-9)4-6-14-12(16)10(13)5-7-17-2/h8,10H,3-7,13H2,1-2H3,(H,14,16)/t10-/m0/s1. The Bertz CT molecular complexity index is 368. The van der Waals surface area contributed by atoms with E-state index in [9.17, 15) is 4.79 Å². The molecule has 3 N–H and O–H groups in total. The van der Waals surface area contributed by atoms with Crippen LogP contribution in [0.4, 0.5) is 0 Å². The van der Waals surface area contributed by atoms with E-state index in [2.05, 4.69) is 17.2 Å². The SMILES string of the molecule is CCc1cnc(CCNC(=O)[C@@H](N)CCSC)s1. The molecule has 6 heteroatoms. The lowest BCUT2D eigenvalue weighted by Crippen LogP contribution is -2.41. The monoisotopic (exact) mass is 287 g/mol. The molecule has 1 amide bonds. The molecule has 1 heterocycles. The molecule has 0 saturated carbocycles. The molecule has 4 nitrogen and oxygen atoms in total. The van der Waals surface area contributed by atoms with Gasteiger partial charge in [0.15, 0.2) is 0 Å². The predicted molar refractivity (Wildman–Crippen MR) is 79.2 cm³/mol. The van der Waals surface area contributed by atoms with Gasteiger partial charge in [-0.2, -0.15) is 11.8 Å². The number of nitrogens with zero attached hydrogens (tertiary/aromatic N) is 1. The van der Waals surface area contributed by atoms with Crippen LogP contribution in [0.5, 0.6) is 0 Å². The normalized spacial score (nSPS) is 12.4. The van der Waals surface area contributed by atoms with Crippen LogP contribution < -0.4 is 11.1 Å². The molecule has 0 bridgehead atoms. The lowest BCUT2D eigenvalue weighted by Gasteiger charge is -2.10. The lowest BCUT2D eigenvalue weighted by molar-refractivity contribution is -0.122. The zero-order valence-electron chi connectivity index (χ0n) is 10.9. The highest BCUT2D eigenvalue weighted by atomic mass is 32.2. The van der Waals surface area contributed by atoms with Crippen LogP contribution in [-0.2, 0) is 17.6 Å². The molecule has 0 aliphatic heterocycles. The maximum atomic E-state index is 11.6. The van der Waals surface area contributed by atoms with Gasteiger partial charge in [0.1, 0.15) is 0 Å². The Hall–Kier alpha value is -0.590. The van der Waals surface area contributed by atoms with Crippen molar-refractivity contribution in [1.29, 1.82) is 0 Å². The molecule has 0 unspecified atom stereocenters. The minimum atomic E-state index is -0.389. The molecule has 1 aromatic heterocycles. The van der Waals surface area contributed by atoms with Crippen LogP contribution in [0, 0.1) is 0 Å². The summed E-state index contributed by atoms with van der Waals surface area (Å²) < 4.78 is 0. The van der Waals surface area contributed by atoms with E-state index >= 15 is 0 Å². The number of thioether (sulfide) groups is 1. The van der Waals surface area contributed by atoms with Crippen LogP contribution in [0.2, 0.25) is 0 Å². The molecule has 0 radical (unpaired) electrons. The molecule has 1 rings (SSSR count). The van der Waals surface area contributed by atoms with Crippen molar-refractivity contribution in [2.75, 3.05) is 18.6 Å². The number of aromatic nitrogens is 1. The first-order valence-electron chi connectivity index (χ1n) is 6.13. The summed E-state index contributed by atoms with van der Waals surface area (Å²) in [6.07, 6.45) is 6.45. The van der Waals surface area contributed by atoms with Crippen molar-refractivity contribution < 1.29 is 4.79 Å². The van der Waals surface area contributed by atoms with Crippen LogP contribution in [0.25, 0.3) is 0 Å². The molecule has 0 aliphatic carbocycles. The van der Waals surface area contributed by atoms with Gasteiger partial charge in [-0.05, 0) is 24.9 Å². The van der Waals surface area contributed by atoms with E-state index in [-0.39, 0.29) is 11.9 Å². The third-order valence-corrected chi connectivity index (χ3v) is 4.40. The Morgan fingerprint density at radius 3 is 3.06 bits per heavy atom. The van der Waals surface area contributed by atoms with Gasteiger partial charge in [-0.15, -0.1) is 11.3 Å². The van der Waals surface area contributed by atoms with E-state index in [4.69, 9.17) is 5.73 Å². The van der Waals surface area contributed by atoms with Gasteiger partial charge in [-0.25, -0.2) is 4.98 Å². The summed E-state index contributed by atoms with van der Waals surface area (Å²) in [5, 5.41) is 3.93. The molecular weight excluding hydrogens is 266 g/mol. The fraction of sp³-hybridized carbons (Fsp3) is 0.667. The van der Waals surface area contributed by atoms with Crippen LogP contribution in [0.15, 0.2) is 6.20 Å². The van der Waals surface area contributed by atoms with Crippen molar-refractivity contribution in [1.82, 2.24) is 10.3 Å². The number of amides is 1. The molecular formula is C12H21N3OS2. The van der Waals surface area contributed by atoms with Gasteiger partial charge in [0.25, 0.3) is 0 Å². The van der Waals surface area contributed by atoms with Crippen LogP contribution >= 0.6 is 23.1 Å². The van der Waals surface area contributed by atoms with Gasteiger partial charge < -0.3 is 11.1 Å². The summed E-state index contributed by atoms with van der Waals surface area (Å²) in [5.41, 5.74) is 5.77. The number of hydrogen-bond donors (Lipinski definition) is 2. The highest BCUT2D eigenvalue weighted by Gasteiger charge is 2.12. The van der Waals surface area contributed by atoms with Crippen LogP contribution in [0.3, 0.4) is 0 Å². The molecule has 102 valence electrons. The molecule has 0 aromatic carbocycles. The second-order valence-electron chi connectivity index (χ2n) is 4.00. The Morgan fingerprint density at radius 1 is 1.67 bits per heavy atom. The zero-order chi connectivity index (χ0) is 13.4. The summed E-state index contributed by atoms with van der Waals surface area (Å²) in [4.78, 5) is 17.2. The number of carbonyl (C=O) groups is 1. The summed E-state index contributed by atoms with van der Waals surface area (Å²) in [6.45, 7) is 2.73. The third kappa shape index (κ3) is 5.37. The summed E-state index contributed by atoms with van der Waals surface area (Å²) >= 11 is 3.41. The maximum Gasteiger partial charge on any atom is 0.236 e. The van der Waals surface area contributed by atoms with Crippen LogP contribution in [0.1, 0.15) is 23.2 Å². The molecule has 1 aromatic rings. The van der Waals surface area contributed by atoms with Gasteiger partial charge >= 0.3 is 0 Å². The highest BCUT2D eigenvalue weighted by Crippen LogP contribution is 2.13. The van der Waals surface area contributed by atoms with Gasteiger partial charge in [0.05, 0.1) is 11.0 Å². The smallest absolute Gasteiger partial charge is 0.236 e. The quantitative estimate of drug-likeness (QED) is 0.759. The number of carbonyl (C=O) groups excluding carboxylic acids is 1. The molecule has 0 aliphatic rings. The summed E-state index contributed by atoms with van der Waals surface area (Å²) in [5.74, 6) is 0.859. The van der Waals surface area contributed by atoms with Crippen molar-refractivity contribution in [3.8, 4) is 0 Å². The van der Waals surface area contributed by atoms with Gasteiger partial charge in [-0.3, -0.25) is 4.79 Å². The second kappa shape index (κ2) is 8.50. The van der Waals surface area contributed by atoms with Gasteiger partial charge in [0, 0.05) is 24.0 Å². The number of hydrogen-bond acceptors (Lipinski definition) is 5. The predicted octanol–water partition coefficient (Wildman–Crippen LogP) is 1.44. The first-order chi connectivity index (χ1) is 8.67. The Morgan fingerprint density at radius 2 is 2.44 bits per heavy atom. The van der Waals surface area contributed by atoms with E-state index in [0.29, 0.717) is 6.54 Å². The first kappa shape index (κ1) is 15.5. The summed E-state index contributed by atoms with van der Waals surface area (Å²) in [6, 6.07) is -0.389. The van der Waals surface area contributed by atoms with Crippen molar-refractivity contribution in [3.63, 3.8) is 0 Å². The minimum Gasteiger partial charge on any atom is -0.354 e. The highest BCUT2D eigenvalue weighted by molar-refractivity contribution is 7.98. The molecule has 18 heavy (non-hydrogen) atoms. The fourth-order valence-corrected chi connectivity index (χ4v) is 2.78. The maximum absolute atomic E-state index is 11.6. The van der Waals surface area contributed by atoms with E-state index in [0.717, 1.165) is 30.0 Å². The number of nitrogens with two attached hydrogens (primary N) is 1. The molecule has 0 fully saturated rings. The molecule has 0 spiro atoms. The van der Waals surface area contributed by atoms with Crippen molar-refractivity contribution in [3.05, 3.63) is 16.1 Å². The third-order valence-electron chi connectivity index (χ3n) is 2.56. The number of rotatable bonds is 8. The van der Waals surface area contributed by atoms with E-state index in [1.54, 1.807) is 23.1 Å². The van der Waals surface area contributed by atoms with Gasteiger partial charge in [-0.1, -0.05) is 6.92 Å². The Kier molecular flexibility index (Phi) is 7.31. The van der Waals surface area contributed by atoms with Gasteiger partial charge in [0.2, 0.25) is 5.91 Å². The van der Waals surface area contributed by atoms with E-state index < -0.39 is 0 Å². The minimum absolute atomic E-state index is 0.0590. The average Bonchev–Trinajstić information content (AvgIpc) is 2.83. The zero-order valence-corrected chi connectivity index (χ0v) is 12.6. The Balaban J connectivity index is 2.22. The van der Waals surface area contributed by atoms with Crippen LogP contribution in [-0.4, -0.2) is 35.5 Å². The number of thiazole rings is 1. The van der Waals surface area contributed by atoms with Crippen molar-refractivity contribution >= 4 is 29.0 Å². The molecule has 0 saturated heterocycles. The first-order valence-corrected chi connectivity index (χ1v) is 8.34. The van der Waals surface area contributed by atoms with Crippen molar-refractivity contribution in [2.24, 2.45) is 5.73 Å². The largest absolute Gasteiger partial charge is 0.354 e. The fourth-order valence-electron chi connectivity index (χ4n) is 1.43.